The molecule has 1 atom stereocenters. The van der Waals surface area contributed by atoms with Crippen molar-refractivity contribution < 1.29 is 18.3 Å². The largest absolute Gasteiger partial charge is 0.433 e. The van der Waals surface area contributed by atoms with Crippen LogP contribution in [0, 0.1) is 11.3 Å². The molecule has 0 bridgehead atoms. The fourth-order valence-electron chi connectivity index (χ4n) is 1.76. The lowest BCUT2D eigenvalue weighted by Gasteiger charge is -2.15. The second-order valence-electron chi connectivity index (χ2n) is 4.39. The minimum absolute atomic E-state index is 0.0202. The molecule has 2 rings (SSSR count). The van der Waals surface area contributed by atoms with Gasteiger partial charge in [-0.25, -0.2) is 9.78 Å². The molecule has 1 heterocycles. The van der Waals surface area contributed by atoms with Gasteiger partial charge in [-0.3, -0.25) is 0 Å². The molecule has 1 unspecified atom stereocenters. The second-order valence-corrected chi connectivity index (χ2v) is 5.32. The van der Waals surface area contributed by atoms with Crippen LogP contribution in [-0.2, 0) is 0 Å². The van der Waals surface area contributed by atoms with Crippen LogP contribution in [0.25, 0.3) is 0 Å². The summed E-state index contributed by atoms with van der Waals surface area (Å²) >= 11 is 1.38. The zero-order valence-electron chi connectivity index (χ0n) is 11.9. The molecule has 0 saturated heterocycles. The summed E-state index contributed by atoms with van der Waals surface area (Å²) in [5.41, 5.74) is 0.183. The molecule has 2 aromatic rings. The maximum Gasteiger partial charge on any atom is 0.387 e. The number of thiazole rings is 1. The monoisotopic (exact) mass is 338 g/mol. The standard InChI is InChI=1S/C14H12F2N4O2S/c1-8(12-18-4-5-23-12)19-14(21)20-10-6-9(7-17)2-3-11(10)22-13(15)16/h2-6,8,13H,1H3,(H2,19,20,21). The van der Waals surface area contributed by atoms with Crippen LogP contribution < -0.4 is 15.4 Å². The number of carbonyl (C=O) groups excluding carboxylic acids is 1. The first-order valence-electron chi connectivity index (χ1n) is 6.45. The van der Waals surface area contributed by atoms with Gasteiger partial charge in [0.1, 0.15) is 10.8 Å². The van der Waals surface area contributed by atoms with Gasteiger partial charge < -0.3 is 15.4 Å². The molecule has 0 saturated carbocycles. The normalized spacial score (nSPS) is 11.6. The lowest BCUT2D eigenvalue weighted by molar-refractivity contribution is -0.0493. The summed E-state index contributed by atoms with van der Waals surface area (Å²) in [6, 6.07) is 4.66. The molecule has 1 aromatic heterocycles. The Morgan fingerprint density at radius 2 is 2.26 bits per heavy atom. The highest BCUT2D eigenvalue weighted by atomic mass is 32.1. The van der Waals surface area contributed by atoms with Crippen molar-refractivity contribution in [3.8, 4) is 11.8 Å². The van der Waals surface area contributed by atoms with Crippen LogP contribution in [0.3, 0.4) is 0 Å². The molecule has 9 heteroatoms. The molecule has 0 aliphatic rings. The summed E-state index contributed by atoms with van der Waals surface area (Å²) < 4.78 is 29.1. The van der Waals surface area contributed by atoms with Gasteiger partial charge in [0.15, 0.2) is 0 Å². The number of nitrogens with one attached hydrogen (secondary N) is 2. The number of aromatic nitrogens is 1. The smallest absolute Gasteiger partial charge is 0.387 e. The van der Waals surface area contributed by atoms with Gasteiger partial charge in [0.25, 0.3) is 0 Å². The first-order chi connectivity index (χ1) is 11.0. The van der Waals surface area contributed by atoms with E-state index in [4.69, 9.17) is 5.26 Å². The Labute approximate surface area is 134 Å². The van der Waals surface area contributed by atoms with Crippen molar-refractivity contribution in [2.45, 2.75) is 19.6 Å². The highest BCUT2D eigenvalue weighted by molar-refractivity contribution is 7.09. The summed E-state index contributed by atoms with van der Waals surface area (Å²) in [6.07, 6.45) is 1.61. The van der Waals surface area contributed by atoms with Crippen molar-refractivity contribution in [3.63, 3.8) is 0 Å². The van der Waals surface area contributed by atoms with Crippen LogP contribution in [0.2, 0.25) is 0 Å². The highest BCUT2D eigenvalue weighted by Crippen LogP contribution is 2.27. The minimum atomic E-state index is -3.04. The first-order valence-corrected chi connectivity index (χ1v) is 7.33. The average Bonchev–Trinajstić information content (AvgIpc) is 3.02. The van der Waals surface area contributed by atoms with Gasteiger partial charge in [0, 0.05) is 11.6 Å². The molecule has 1 aromatic carbocycles. The highest BCUT2D eigenvalue weighted by Gasteiger charge is 2.15. The number of nitrogens with zero attached hydrogens (tertiary/aromatic N) is 2. The van der Waals surface area contributed by atoms with E-state index in [1.54, 1.807) is 18.5 Å². The van der Waals surface area contributed by atoms with E-state index in [0.29, 0.717) is 5.01 Å². The number of benzene rings is 1. The number of urea groups is 1. The molecule has 2 N–H and O–H groups in total. The van der Waals surface area contributed by atoms with Gasteiger partial charge >= 0.3 is 12.6 Å². The summed E-state index contributed by atoms with van der Waals surface area (Å²) in [5, 5.41) is 16.4. The van der Waals surface area contributed by atoms with E-state index in [2.05, 4.69) is 20.4 Å². The molecule has 6 nitrogen and oxygen atoms in total. The summed E-state index contributed by atoms with van der Waals surface area (Å²) in [6.45, 7) is -1.30. The number of nitriles is 1. The van der Waals surface area contributed by atoms with Gasteiger partial charge in [-0.2, -0.15) is 14.0 Å². The Bertz CT molecular complexity index is 716. The lowest BCUT2D eigenvalue weighted by Crippen LogP contribution is -2.31. The number of ether oxygens (including phenoxy) is 1. The van der Waals surface area contributed by atoms with E-state index in [1.807, 2.05) is 6.07 Å². The van der Waals surface area contributed by atoms with Crippen molar-refractivity contribution in [2.75, 3.05) is 5.32 Å². The Morgan fingerprint density at radius 3 is 2.87 bits per heavy atom. The third kappa shape index (κ3) is 4.62. The van der Waals surface area contributed by atoms with E-state index in [9.17, 15) is 13.6 Å². The molecule has 0 fully saturated rings. The van der Waals surface area contributed by atoms with Crippen molar-refractivity contribution in [1.82, 2.24) is 10.3 Å². The van der Waals surface area contributed by atoms with Crippen LogP contribution in [-0.4, -0.2) is 17.6 Å². The van der Waals surface area contributed by atoms with E-state index in [0.717, 1.165) is 0 Å². The molecule has 0 radical (unpaired) electrons. The van der Waals surface area contributed by atoms with Crippen LogP contribution >= 0.6 is 11.3 Å². The van der Waals surface area contributed by atoms with Crippen LogP contribution in [0.15, 0.2) is 29.8 Å². The van der Waals surface area contributed by atoms with E-state index in [1.165, 1.54) is 29.5 Å². The topological polar surface area (TPSA) is 87.0 Å². The maximum absolute atomic E-state index is 12.4. The summed E-state index contributed by atoms with van der Waals surface area (Å²) in [5.74, 6) is -0.226. The van der Waals surface area contributed by atoms with E-state index < -0.39 is 12.6 Å². The SMILES string of the molecule is CC(NC(=O)Nc1cc(C#N)ccc1OC(F)F)c1nccs1. The molecule has 2 amide bonds. The third-order valence-corrected chi connectivity index (χ3v) is 3.70. The summed E-state index contributed by atoms with van der Waals surface area (Å²) in [7, 11) is 0. The van der Waals surface area contributed by atoms with Gasteiger partial charge in [-0.05, 0) is 25.1 Å². The van der Waals surface area contributed by atoms with Crippen molar-refractivity contribution in [2.24, 2.45) is 0 Å². The number of rotatable bonds is 5. The van der Waals surface area contributed by atoms with Gasteiger partial charge in [-0.1, -0.05) is 0 Å². The number of carbonyl (C=O) groups is 1. The van der Waals surface area contributed by atoms with Crippen LogP contribution in [0.5, 0.6) is 5.75 Å². The predicted octanol–water partition coefficient (Wildman–Crippen LogP) is 3.50. The van der Waals surface area contributed by atoms with Crippen molar-refractivity contribution in [3.05, 3.63) is 40.3 Å². The molecular weight excluding hydrogens is 326 g/mol. The zero-order chi connectivity index (χ0) is 16.8. The Kier molecular flexibility index (Phi) is 5.43. The quantitative estimate of drug-likeness (QED) is 0.873. The van der Waals surface area contributed by atoms with Crippen molar-refractivity contribution >= 4 is 23.1 Å². The Morgan fingerprint density at radius 1 is 1.48 bits per heavy atom. The molecule has 23 heavy (non-hydrogen) atoms. The molecular formula is C14H12F2N4O2S. The number of halogens is 2. The number of alkyl halides is 2. The van der Waals surface area contributed by atoms with Crippen LogP contribution in [0.4, 0.5) is 19.3 Å². The fraction of sp³-hybridized carbons (Fsp3) is 0.214. The number of anilines is 1. The third-order valence-electron chi connectivity index (χ3n) is 2.74. The van der Waals surface area contributed by atoms with Gasteiger partial charge in [-0.15, -0.1) is 11.3 Å². The zero-order valence-corrected chi connectivity index (χ0v) is 12.7. The minimum Gasteiger partial charge on any atom is -0.433 e. The number of amides is 2. The molecule has 120 valence electrons. The maximum atomic E-state index is 12.4. The van der Waals surface area contributed by atoms with E-state index in [-0.39, 0.29) is 23.0 Å². The average molecular weight is 338 g/mol. The van der Waals surface area contributed by atoms with Gasteiger partial charge in [0.05, 0.1) is 23.4 Å². The van der Waals surface area contributed by atoms with Crippen molar-refractivity contribution in [1.29, 1.82) is 5.26 Å². The molecule has 0 aliphatic heterocycles. The Balaban J connectivity index is 2.11. The molecule has 0 aliphatic carbocycles. The predicted molar refractivity (Wildman–Crippen MR) is 80.5 cm³/mol. The van der Waals surface area contributed by atoms with Crippen LogP contribution in [0.1, 0.15) is 23.5 Å². The second kappa shape index (κ2) is 7.51. The number of hydrogen-bond donors (Lipinski definition) is 2. The first kappa shape index (κ1) is 16.6. The lowest BCUT2D eigenvalue weighted by atomic mass is 10.2. The number of hydrogen-bond acceptors (Lipinski definition) is 5. The fourth-order valence-corrected chi connectivity index (χ4v) is 2.41. The summed E-state index contributed by atoms with van der Waals surface area (Å²) in [4.78, 5) is 16.1. The van der Waals surface area contributed by atoms with Gasteiger partial charge in [0.2, 0.25) is 0 Å². The Hall–Kier alpha value is -2.73. The molecule has 0 spiro atoms. The van der Waals surface area contributed by atoms with E-state index >= 15 is 0 Å².